The van der Waals surface area contributed by atoms with Gasteiger partial charge in [-0.15, -0.1) is 0 Å². The Morgan fingerprint density at radius 2 is 2.25 bits per heavy atom. The van der Waals surface area contributed by atoms with Gasteiger partial charge in [-0.25, -0.2) is 0 Å². The van der Waals surface area contributed by atoms with Crippen molar-refractivity contribution in [1.29, 1.82) is 0 Å². The molecule has 3 rings (SSSR count). The number of hydrogen-bond acceptors (Lipinski definition) is 3. The summed E-state index contributed by atoms with van der Waals surface area (Å²) >= 11 is 0. The molecule has 2 aliphatic rings. The van der Waals surface area contributed by atoms with Crippen molar-refractivity contribution in [3.8, 4) is 5.75 Å². The summed E-state index contributed by atoms with van der Waals surface area (Å²) in [5, 5.41) is 8.80. The standard InChI is InChI=1S/C19H23NO4/c21-18(20-10-1-2-15(13-20)5-8-19(22)23)7-4-14-3-6-17-16(12-14)9-11-24-17/h3-4,6-7,12,15H,1-2,5,8-11,13H2,(H,22,23). The van der Waals surface area contributed by atoms with Crippen LogP contribution in [-0.4, -0.2) is 41.6 Å². The molecule has 0 aromatic heterocycles. The van der Waals surface area contributed by atoms with Crippen molar-refractivity contribution < 1.29 is 19.4 Å². The van der Waals surface area contributed by atoms with Gasteiger partial charge in [-0.3, -0.25) is 9.59 Å². The van der Waals surface area contributed by atoms with Gasteiger partial charge in [-0.1, -0.05) is 6.07 Å². The average molecular weight is 329 g/mol. The van der Waals surface area contributed by atoms with E-state index < -0.39 is 5.97 Å². The molecule has 1 aromatic carbocycles. The number of carbonyl (C=O) groups is 2. The molecular weight excluding hydrogens is 306 g/mol. The molecule has 1 unspecified atom stereocenters. The second-order valence-corrected chi connectivity index (χ2v) is 6.52. The summed E-state index contributed by atoms with van der Waals surface area (Å²) in [7, 11) is 0. The fourth-order valence-corrected chi connectivity index (χ4v) is 3.41. The summed E-state index contributed by atoms with van der Waals surface area (Å²) in [4.78, 5) is 24.9. The van der Waals surface area contributed by atoms with Gasteiger partial charge in [0.1, 0.15) is 5.75 Å². The summed E-state index contributed by atoms with van der Waals surface area (Å²) in [6, 6.07) is 5.98. The first-order chi connectivity index (χ1) is 11.6. The molecule has 1 fully saturated rings. The number of carbonyl (C=O) groups excluding carboxylic acids is 1. The van der Waals surface area contributed by atoms with Crippen molar-refractivity contribution in [2.45, 2.75) is 32.1 Å². The number of amides is 1. The minimum absolute atomic E-state index is 0.00627. The van der Waals surface area contributed by atoms with Crippen LogP contribution in [-0.2, 0) is 16.0 Å². The Kier molecular flexibility index (Phi) is 5.18. The molecule has 5 heteroatoms. The minimum atomic E-state index is -0.765. The Morgan fingerprint density at radius 1 is 1.38 bits per heavy atom. The molecule has 1 aromatic rings. The number of piperidine rings is 1. The summed E-state index contributed by atoms with van der Waals surface area (Å²) < 4.78 is 5.48. The lowest BCUT2D eigenvalue weighted by Gasteiger charge is -2.32. The number of aliphatic carboxylic acids is 1. The van der Waals surface area contributed by atoms with Crippen LogP contribution in [0.2, 0.25) is 0 Å². The number of fused-ring (bicyclic) bond motifs is 1. The van der Waals surface area contributed by atoms with Crippen molar-refractivity contribution in [3.05, 3.63) is 35.4 Å². The highest BCUT2D eigenvalue weighted by Gasteiger charge is 2.22. The number of rotatable bonds is 5. The molecule has 0 bridgehead atoms. The summed E-state index contributed by atoms with van der Waals surface area (Å²) in [6.07, 6.45) is 7.17. The quantitative estimate of drug-likeness (QED) is 0.844. The van der Waals surface area contributed by atoms with Gasteiger partial charge in [0.25, 0.3) is 0 Å². The third-order valence-electron chi connectivity index (χ3n) is 4.73. The maximum absolute atomic E-state index is 12.4. The number of hydrogen-bond donors (Lipinski definition) is 1. The molecule has 2 aliphatic heterocycles. The van der Waals surface area contributed by atoms with E-state index in [1.165, 1.54) is 5.56 Å². The molecule has 128 valence electrons. The number of benzene rings is 1. The van der Waals surface area contributed by atoms with Crippen LogP contribution in [0.5, 0.6) is 5.75 Å². The van der Waals surface area contributed by atoms with Crippen molar-refractivity contribution in [2.24, 2.45) is 5.92 Å². The lowest BCUT2D eigenvalue weighted by atomic mass is 9.93. The van der Waals surface area contributed by atoms with Crippen LogP contribution in [0.4, 0.5) is 0 Å². The fraction of sp³-hybridized carbons (Fsp3) is 0.474. The molecule has 0 radical (unpaired) electrons. The van der Waals surface area contributed by atoms with Crippen LogP contribution in [0.3, 0.4) is 0 Å². The van der Waals surface area contributed by atoms with Crippen molar-refractivity contribution in [2.75, 3.05) is 19.7 Å². The minimum Gasteiger partial charge on any atom is -0.493 e. The molecule has 1 atom stereocenters. The molecule has 1 amide bonds. The van der Waals surface area contributed by atoms with E-state index in [2.05, 4.69) is 6.07 Å². The summed E-state index contributed by atoms with van der Waals surface area (Å²) in [5.41, 5.74) is 2.20. The first-order valence-electron chi connectivity index (χ1n) is 8.56. The van der Waals surface area contributed by atoms with Crippen molar-refractivity contribution >= 4 is 18.0 Å². The van der Waals surface area contributed by atoms with Gasteiger partial charge in [0.15, 0.2) is 0 Å². The Hall–Kier alpha value is -2.30. The first kappa shape index (κ1) is 16.6. The highest BCUT2D eigenvalue weighted by atomic mass is 16.5. The maximum atomic E-state index is 12.4. The normalized spacial score (nSPS) is 20.0. The highest BCUT2D eigenvalue weighted by molar-refractivity contribution is 5.91. The summed E-state index contributed by atoms with van der Waals surface area (Å²) in [5.74, 6) is 0.478. The molecular formula is C19H23NO4. The maximum Gasteiger partial charge on any atom is 0.303 e. The number of nitrogens with zero attached hydrogens (tertiary/aromatic N) is 1. The van der Waals surface area contributed by atoms with E-state index in [9.17, 15) is 9.59 Å². The lowest BCUT2D eigenvalue weighted by molar-refractivity contribution is -0.137. The number of ether oxygens (including phenoxy) is 1. The van der Waals surface area contributed by atoms with E-state index in [0.29, 0.717) is 18.9 Å². The van der Waals surface area contributed by atoms with Crippen molar-refractivity contribution in [1.82, 2.24) is 4.90 Å². The Bertz CT molecular complexity index is 653. The van der Waals surface area contributed by atoms with Gasteiger partial charge in [-0.05, 0) is 54.5 Å². The molecule has 1 saturated heterocycles. The lowest BCUT2D eigenvalue weighted by Crippen LogP contribution is -2.39. The predicted molar refractivity (Wildman–Crippen MR) is 90.8 cm³/mol. The smallest absolute Gasteiger partial charge is 0.303 e. The Labute approximate surface area is 141 Å². The zero-order chi connectivity index (χ0) is 16.9. The van der Waals surface area contributed by atoms with E-state index in [4.69, 9.17) is 9.84 Å². The molecule has 0 spiro atoms. The van der Waals surface area contributed by atoms with Gasteiger partial charge >= 0.3 is 5.97 Å². The molecule has 2 heterocycles. The van der Waals surface area contributed by atoms with E-state index in [0.717, 1.165) is 43.7 Å². The van der Waals surface area contributed by atoms with Crippen LogP contribution < -0.4 is 4.74 Å². The number of likely N-dealkylation sites (tertiary alicyclic amines) is 1. The van der Waals surface area contributed by atoms with Crippen LogP contribution in [0.15, 0.2) is 24.3 Å². The number of carboxylic acids is 1. The second kappa shape index (κ2) is 7.51. The van der Waals surface area contributed by atoms with E-state index in [1.54, 1.807) is 6.08 Å². The van der Waals surface area contributed by atoms with E-state index in [-0.39, 0.29) is 12.3 Å². The third-order valence-corrected chi connectivity index (χ3v) is 4.73. The zero-order valence-corrected chi connectivity index (χ0v) is 13.7. The average Bonchev–Trinajstić information content (AvgIpc) is 3.06. The highest BCUT2D eigenvalue weighted by Crippen LogP contribution is 2.26. The molecule has 5 nitrogen and oxygen atoms in total. The van der Waals surface area contributed by atoms with E-state index >= 15 is 0 Å². The van der Waals surface area contributed by atoms with Gasteiger partial charge in [-0.2, -0.15) is 0 Å². The predicted octanol–water partition coefficient (Wildman–Crippen LogP) is 2.74. The van der Waals surface area contributed by atoms with Gasteiger partial charge in [0.2, 0.25) is 5.91 Å². The molecule has 1 N–H and O–H groups in total. The summed E-state index contributed by atoms with van der Waals surface area (Å²) in [6.45, 7) is 2.15. The van der Waals surface area contributed by atoms with Crippen LogP contribution in [0.1, 0.15) is 36.8 Å². The van der Waals surface area contributed by atoms with Crippen LogP contribution in [0.25, 0.3) is 6.08 Å². The van der Waals surface area contributed by atoms with Gasteiger partial charge < -0.3 is 14.7 Å². The van der Waals surface area contributed by atoms with Crippen LogP contribution >= 0.6 is 0 Å². The van der Waals surface area contributed by atoms with E-state index in [1.807, 2.05) is 23.1 Å². The molecule has 0 saturated carbocycles. The van der Waals surface area contributed by atoms with Crippen LogP contribution in [0, 0.1) is 5.92 Å². The monoisotopic (exact) mass is 329 g/mol. The second-order valence-electron chi connectivity index (χ2n) is 6.52. The Morgan fingerprint density at radius 3 is 3.08 bits per heavy atom. The third kappa shape index (κ3) is 4.16. The number of carboxylic acid groups (broad SMARTS) is 1. The molecule has 24 heavy (non-hydrogen) atoms. The first-order valence-corrected chi connectivity index (χ1v) is 8.56. The SMILES string of the molecule is O=C(O)CCC1CCCN(C(=O)C=Cc2ccc3c(c2)CCO3)C1. The van der Waals surface area contributed by atoms with Gasteiger partial charge in [0, 0.05) is 32.0 Å². The molecule has 0 aliphatic carbocycles. The Balaban J connectivity index is 1.56. The fourth-order valence-electron chi connectivity index (χ4n) is 3.41. The largest absolute Gasteiger partial charge is 0.493 e. The van der Waals surface area contributed by atoms with Gasteiger partial charge in [0.05, 0.1) is 6.61 Å². The zero-order valence-electron chi connectivity index (χ0n) is 13.7. The van der Waals surface area contributed by atoms with Crippen molar-refractivity contribution in [3.63, 3.8) is 0 Å². The topological polar surface area (TPSA) is 66.8 Å².